The minimum absolute atomic E-state index is 0.127. The number of rotatable bonds is 4. The van der Waals surface area contributed by atoms with Gasteiger partial charge in [-0.05, 0) is 28.1 Å². The monoisotopic (exact) mass is 398 g/mol. The van der Waals surface area contributed by atoms with Gasteiger partial charge in [0.1, 0.15) is 6.54 Å². The number of halogens is 1. The van der Waals surface area contributed by atoms with Crippen LogP contribution in [-0.2, 0) is 14.8 Å². The van der Waals surface area contributed by atoms with Crippen molar-refractivity contribution in [3.8, 4) is 0 Å². The molecule has 0 spiro atoms. The van der Waals surface area contributed by atoms with Crippen LogP contribution in [0.3, 0.4) is 0 Å². The maximum absolute atomic E-state index is 12.4. The summed E-state index contributed by atoms with van der Waals surface area (Å²) in [5.74, 6) is -1.20. The van der Waals surface area contributed by atoms with Crippen molar-refractivity contribution in [1.82, 2.24) is 4.31 Å². The van der Waals surface area contributed by atoms with E-state index >= 15 is 0 Å². The van der Waals surface area contributed by atoms with Crippen LogP contribution in [0, 0.1) is 0 Å². The number of imide groups is 1. The zero-order valence-electron chi connectivity index (χ0n) is 11.7. The average Bonchev–Trinajstić information content (AvgIpc) is 2.97. The Hall–Kier alpha value is -2.13. The third-order valence-corrected chi connectivity index (χ3v) is 5.49. The topological polar surface area (TPSA) is 87.9 Å². The molecular weight excluding hydrogens is 388 g/mol. The van der Waals surface area contributed by atoms with E-state index in [2.05, 4.69) is 22.5 Å². The maximum atomic E-state index is 12.4. The van der Waals surface area contributed by atoms with E-state index in [0.717, 1.165) is 16.4 Å². The number of anilines is 1. The Kier molecular flexibility index (Phi) is 3.77. The van der Waals surface area contributed by atoms with Gasteiger partial charge in [-0.2, -0.15) is 4.31 Å². The largest absolute Gasteiger partial charge is 0.432 e. The summed E-state index contributed by atoms with van der Waals surface area (Å²) < 4.78 is 30.3. The third kappa shape index (κ3) is 2.45. The van der Waals surface area contributed by atoms with E-state index in [-0.39, 0.29) is 10.2 Å². The lowest BCUT2D eigenvalue weighted by Gasteiger charge is -2.14. The summed E-state index contributed by atoms with van der Waals surface area (Å²) in [5.41, 5.74) is 0. The van der Waals surface area contributed by atoms with Gasteiger partial charge in [-0.1, -0.05) is 18.2 Å². The molecule has 0 bridgehead atoms. The average molecular weight is 399 g/mol. The minimum atomic E-state index is -4.07. The Morgan fingerprint density at radius 1 is 1.26 bits per heavy atom. The number of furan rings is 1. The quantitative estimate of drug-likeness (QED) is 0.582. The molecule has 1 aliphatic rings. The fourth-order valence-corrected chi connectivity index (χ4v) is 4.03. The van der Waals surface area contributed by atoms with Gasteiger partial charge in [0.05, 0.1) is 5.75 Å². The molecule has 3 amide bonds. The van der Waals surface area contributed by atoms with Crippen LogP contribution in [0.2, 0.25) is 0 Å². The summed E-state index contributed by atoms with van der Waals surface area (Å²) in [4.78, 5) is 25.5. The smallest absolute Gasteiger partial charge is 0.348 e. The van der Waals surface area contributed by atoms with E-state index in [1.807, 2.05) is 0 Å². The van der Waals surface area contributed by atoms with Crippen molar-refractivity contribution in [2.75, 3.05) is 17.2 Å². The number of amides is 3. The lowest BCUT2D eigenvalue weighted by atomic mass is 10.2. The molecule has 23 heavy (non-hydrogen) atoms. The predicted molar refractivity (Wildman–Crippen MR) is 87.5 cm³/mol. The molecule has 0 atom stereocenters. The first-order valence-electron chi connectivity index (χ1n) is 6.52. The Labute approximate surface area is 140 Å². The Balaban J connectivity index is 2.07. The summed E-state index contributed by atoms with van der Waals surface area (Å²) in [5, 5.41) is 1.32. The number of hydrogen-bond donors (Lipinski definition) is 0. The fourth-order valence-electron chi connectivity index (χ4n) is 2.38. The molecule has 9 heteroatoms. The van der Waals surface area contributed by atoms with Gasteiger partial charge in [0.25, 0.3) is 5.91 Å². The second kappa shape index (κ2) is 5.50. The number of carbonyl (C=O) groups is 2. The van der Waals surface area contributed by atoms with Gasteiger partial charge in [0.2, 0.25) is 15.9 Å². The molecule has 0 unspecified atom stereocenters. The van der Waals surface area contributed by atoms with E-state index in [1.165, 1.54) is 0 Å². The van der Waals surface area contributed by atoms with Crippen molar-refractivity contribution in [1.29, 1.82) is 0 Å². The number of carbonyl (C=O) groups excluding carboxylic acids is 2. The molecule has 7 nitrogen and oxygen atoms in total. The first-order valence-corrected chi connectivity index (χ1v) is 8.92. The van der Waals surface area contributed by atoms with E-state index in [0.29, 0.717) is 10.1 Å². The molecule has 1 aliphatic heterocycles. The van der Waals surface area contributed by atoms with Crippen LogP contribution in [0.1, 0.15) is 0 Å². The van der Waals surface area contributed by atoms with Crippen LogP contribution in [-0.4, -0.2) is 37.0 Å². The Morgan fingerprint density at radius 3 is 2.57 bits per heavy atom. The number of sulfonamides is 1. The van der Waals surface area contributed by atoms with Crippen LogP contribution in [0.5, 0.6) is 0 Å². The first-order chi connectivity index (χ1) is 10.9. The van der Waals surface area contributed by atoms with E-state index < -0.39 is 34.3 Å². The van der Waals surface area contributed by atoms with Gasteiger partial charge in [-0.25, -0.2) is 13.2 Å². The molecule has 2 aromatic rings. The molecule has 120 valence electrons. The highest BCUT2D eigenvalue weighted by Gasteiger charge is 2.45. The van der Waals surface area contributed by atoms with Gasteiger partial charge in [0, 0.05) is 10.8 Å². The fraction of sp³-hybridized carbons (Fsp3) is 0.143. The summed E-state index contributed by atoms with van der Waals surface area (Å²) in [6.07, 6.45) is 1.12. The molecule has 1 aromatic carbocycles. The minimum Gasteiger partial charge on any atom is -0.432 e. The number of hydrogen-bond acceptors (Lipinski definition) is 5. The molecular formula is C14H11BrN2O5S. The van der Waals surface area contributed by atoms with Gasteiger partial charge < -0.3 is 4.42 Å². The Bertz CT molecular complexity index is 934. The highest BCUT2D eigenvalue weighted by atomic mass is 79.9. The number of urea groups is 1. The van der Waals surface area contributed by atoms with E-state index in [4.69, 9.17) is 4.42 Å². The summed E-state index contributed by atoms with van der Waals surface area (Å²) >= 11 is 3.24. The summed E-state index contributed by atoms with van der Waals surface area (Å²) in [6, 6.07) is 6.09. The van der Waals surface area contributed by atoms with E-state index in [1.54, 1.807) is 24.3 Å². The van der Waals surface area contributed by atoms with Crippen molar-refractivity contribution in [3.05, 3.63) is 41.6 Å². The molecule has 0 N–H and O–H groups in total. The molecule has 1 fully saturated rings. The first kappa shape index (κ1) is 15.8. The second-order valence-corrected chi connectivity index (χ2v) is 7.40. The van der Waals surface area contributed by atoms with Crippen molar-refractivity contribution >= 4 is 54.5 Å². The van der Waals surface area contributed by atoms with Crippen LogP contribution < -0.4 is 4.90 Å². The van der Waals surface area contributed by atoms with Gasteiger partial charge in [-0.3, -0.25) is 9.69 Å². The van der Waals surface area contributed by atoms with E-state index in [9.17, 15) is 18.0 Å². The highest BCUT2D eigenvalue weighted by Crippen LogP contribution is 2.37. The van der Waals surface area contributed by atoms with Crippen molar-refractivity contribution in [3.63, 3.8) is 0 Å². The maximum Gasteiger partial charge on any atom is 0.348 e. The second-order valence-electron chi connectivity index (χ2n) is 4.82. The van der Waals surface area contributed by atoms with Crippen molar-refractivity contribution in [2.45, 2.75) is 0 Å². The van der Waals surface area contributed by atoms with Gasteiger partial charge in [0.15, 0.2) is 4.67 Å². The third-order valence-electron chi connectivity index (χ3n) is 3.33. The SMILES string of the molecule is C=CCS(=O)(=O)N1C(=O)CN(c2oc(Br)c3ccccc23)C1=O. The van der Waals surface area contributed by atoms with Crippen molar-refractivity contribution in [2.24, 2.45) is 0 Å². The van der Waals surface area contributed by atoms with Gasteiger partial charge >= 0.3 is 6.03 Å². The van der Waals surface area contributed by atoms with Gasteiger partial charge in [-0.15, -0.1) is 6.58 Å². The molecule has 0 aliphatic carbocycles. The lowest BCUT2D eigenvalue weighted by Crippen LogP contribution is -2.39. The lowest BCUT2D eigenvalue weighted by molar-refractivity contribution is -0.121. The standard InChI is InChI=1S/C14H11BrN2O5S/c1-2-7-23(20,21)17-11(18)8-16(14(17)19)13-10-6-4-3-5-9(10)12(15)22-13/h2-6H,1,7-8H2. The van der Waals surface area contributed by atoms with Crippen LogP contribution in [0.25, 0.3) is 10.8 Å². The van der Waals surface area contributed by atoms with Crippen molar-refractivity contribution < 1.29 is 22.4 Å². The number of fused-ring (bicyclic) bond motifs is 1. The molecule has 3 rings (SSSR count). The molecule has 0 saturated carbocycles. The van der Waals surface area contributed by atoms with Crippen LogP contribution in [0.4, 0.5) is 10.7 Å². The molecule has 1 aromatic heterocycles. The zero-order valence-corrected chi connectivity index (χ0v) is 14.1. The predicted octanol–water partition coefficient (Wildman–Crippen LogP) is 2.48. The number of nitrogens with zero attached hydrogens (tertiary/aromatic N) is 2. The molecule has 2 heterocycles. The normalized spacial score (nSPS) is 15.7. The zero-order chi connectivity index (χ0) is 16.8. The molecule has 1 saturated heterocycles. The molecule has 0 radical (unpaired) electrons. The van der Waals surface area contributed by atoms with Crippen LogP contribution >= 0.6 is 15.9 Å². The summed E-state index contributed by atoms with van der Waals surface area (Å²) in [6.45, 7) is 2.92. The van der Waals surface area contributed by atoms with Crippen LogP contribution in [0.15, 0.2) is 46.0 Å². The summed E-state index contributed by atoms with van der Waals surface area (Å²) in [7, 11) is -4.07. The Morgan fingerprint density at radius 2 is 1.91 bits per heavy atom. The number of benzene rings is 1. The highest BCUT2D eigenvalue weighted by molar-refractivity contribution is 9.10.